The Bertz CT molecular complexity index is 645. The molecular formula is C19H27FN4O3. The van der Waals surface area contributed by atoms with E-state index in [1.165, 1.54) is 12.1 Å². The fraction of sp³-hybridized carbons (Fsp3) is 0.526. The maximum Gasteiger partial charge on any atom is 0.315 e. The number of urea groups is 1. The predicted octanol–water partition coefficient (Wildman–Crippen LogP) is 1.53. The smallest absolute Gasteiger partial charge is 0.315 e. The summed E-state index contributed by atoms with van der Waals surface area (Å²) < 4.78 is 12.9. The SMILES string of the molecule is CCCC(NC(=O)NCc1ccc(F)cc1)C(=O)NCC(=O)N1CCCC1. The van der Waals surface area contributed by atoms with E-state index >= 15 is 0 Å². The van der Waals surface area contributed by atoms with Gasteiger partial charge in [-0.1, -0.05) is 25.5 Å². The molecular weight excluding hydrogens is 351 g/mol. The second kappa shape index (κ2) is 10.5. The molecule has 0 aromatic heterocycles. The van der Waals surface area contributed by atoms with Gasteiger partial charge in [-0.2, -0.15) is 0 Å². The lowest BCUT2D eigenvalue weighted by Gasteiger charge is -2.20. The zero-order chi connectivity index (χ0) is 19.6. The highest BCUT2D eigenvalue weighted by Crippen LogP contribution is 2.07. The summed E-state index contributed by atoms with van der Waals surface area (Å²) in [4.78, 5) is 38.2. The lowest BCUT2D eigenvalue weighted by atomic mass is 10.1. The minimum Gasteiger partial charge on any atom is -0.345 e. The minimum atomic E-state index is -0.713. The van der Waals surface area contributed by atoms with E-state index in [1.54, 1.807) is 17.0 Å². The molecule has 4 amide bonds. The van der Waals surface area contributed by atoms with Gasteiger partial charge in [0.05, 0.1) is 6.54 Å². The van der Waals surface area contributed by atoms with Gasteiger partial charge in [-0.15, -0.1) is 0 Å². The molecule has 2 rings (SSSR count). The lowest BCUT2D eigenvalue weighted by molar-refractivity contribution is -0.132. The van der Waals surface area contributed by atoms with E-state index in [9.17, 15) is 18.8 Å². The molecule has 0 saturated carbocycles. The predicted molar refractivity (Wildman–Crippen MR) is 99.3 cm³/mol. The number of benzene rings is 1. The normalized spacial score (nSPS) is 14.5. The van der Waals surface area contributed by atoms with Gasteiger partial charge in [0.2, 0.25) is 11.8 Å². The van der Waals surface area contributed by atoms with Crippen LogP contribution in [0.25, 0.3) is 0 Å². The molecule has 1 unspecified atom stereocenters. The third-order valence-electron chi connectivity index (χ3n) is 4.44. The van der Waals surface area contributed by atoms with Gasteiger partial charge in [0, 0.05) is 19.6 Å². The number of hydrogen-bond acceptors (Lipinski definition) is 3. The molecule has 0 radical (unpaired) electrons. The van der Waals surface area contributed by atoms with Crippen LogP contribution in [0.15, 0.2) is 24.3 Å². The Morgan fingerprint density at radius 1 is 1.11 bits per heavy atom. The largest absolute Gasteiger partial charge is 0.345 e. The first-order valence-electron chi connectivity index (χ1n) is 9.34. The van der Waals surface area contributed by atoms with Gasteiger partial charge in [-0.3, -0.25) is 9.59 Å². The molecule has 8 heteroatoms. The molecule has 1 atom stereocenters. The molecule has 27 heavy (non-hydrogen) atoms. The molecule has 3 N–H and O–H groups in total. The zero-order valence-electron chi connectivity index (χ0n) is 15.6. The van der Waals surface area contributed by atoms with Crippen molar-refractivity contribution < 1.29 is 18.8 Å². The quantitative estimate of drug-likeness (QED) is 0.641. The summed E-state index contributed by atoms with van der Waals surface area (Å²) in [6.07, 6.45) is 3.16. The van der Waals surface area contributed by atoms with Gasteiger partial charge in [-0.05, 0) is 37.0 Å². The Kier molecular flexibility index (Phi) is 8.03. The third kappa shape index (κ3) is 6.88. The summed E-state index contributed by atoms with van der Waals surface area (Å²) in [5, 5.41) is 7.89. The molecule has 1 fully saturated rings. The summed E-state index contributed by atoms with van der Waals surface area (Å²) in [6.45, 7) is 3.54. The number of hydrogen-bond donors (Lipinski definition) is 3. The fourth-order valence-electron chi connectivity index (χ4n) is 2.92. The Labute approximate surface area is 158 Å². The van der Waals surface area contributed by atoms with E-state index < -0.39 is 12.1 Å². The summed E-state index contributed by atoms with van der Waals surface area (Å²) in [5.41, 5.74) is 0.749. The van der Waals surface area contributed by atoms with Gasteiger partial charge in [0.1, 0.15) is 11.9 Å². The van der Waals surface area contributed by atoms with E-state index in [-0.39, 0.29) is 30.7 Å². The number of rotatable bonds is 8. The van der Waals surface area contributed by atoms with Crippen molar-refractivity contribution in [2.24, 2.45) is 0 Å². The number of nitrogens with one attached hydrogen (secondary N) is 3. The zero-order valence-corrected chi connectivity index (χ0v) is 15.6. The first kappa shape index (κ1) is 20.7. The molecule has 1 aromatic carbocycles. The van der Waals surface area contributed by atoms with Crippen LogP contribution in [0.2, 0.25) is 0 Å². The van der Waals surface area contributed by atoms with Crippen molar-refractivity contribution in [1.29, 1.82) is 0 Å². The maximum absolute atomic E-state index is 12.9. The number of likely N-dealkylation sites (tertiary alicyclic amines) is 1. The molecule has 1 aliphatic heterocycles. The number of amides is 4. The van der Waals surface area contributed by atoms with Crippen molar-refractivity contribution in [2.75, 3.05) is 19.6 Å². The van der Waals surface area contributed by atoms with Gasteiger partial charge in [0.25, 0.3) is 0 Å². The number of carbonyl (C=O) groups is 3. The van der Waals surface area contributed by atoms with Crippen molar-refractivity contribution in [1.82, 2.24) is 20.9 Å². The Balaban J connectivity index is 1.78. The van der Waals surface area contributed by atoms with E-state index in [2.05, 4.69) is 16.0 Å². The Hall–Kier alpha value is -2.64. The summed E-state index contributed by atoms with van der Waals surface area (Å²) in [5.74, 6) is -0.815. The van der Waals surface area contributed by atoms with Crippen LogP contribution < -0.4 is 16.0 Å². The van der Waals surface area contributed by atoms with Gasteiger partial charge >= 0.3 is 6.03 Å². The van der Waals surface area contributed by atoms with Crippen LogP contribution in [0.3, 0.4) is 0 Å². The molecule has 148 valence electrons. The summed E-state index contributed by atoms with van der Waals surface area (Å²) in [6, 6.07) is 4.60. The first-order valence-corrected chi connectivity index (χ1v) is 9.34. The van der Waals surface area contributed by atoms with Crippen LogP contribution in [0.1, 0.15) is 38.2 Å². The highest BCUT2D eigenvalue weighted by Gasteiger charge is 2.22. The first-order chi connectivity index (χ1) is 13.0. The van der Waals surface area contributed by atoms with Gasteiger partial charge < -0.3 is 20.9 Å². The molecule has 0 spiro atoms. The van der Waals surface area contributed by atoms with Crippen molar-refractivity contribution in [3.63, 3.8) is 0 Å². The van der Waals surface area contributed by atoms with Crippen LogP contribution in [-0.2, 0) is 16.1 Å². The fourth-order valence-corrected chi connectivity index (χ4v) is 2.92. The number of nitrogens with zero attached hydrogens (tertiary/aromatic N) is 1. The van der Waals surface area contributed by atoms with Crippen LogP contribution >= 0.6 is 0 Å². The summed E-state index contributed by atoms with van der Waals surface area (Å²) >= 11 is 0. The third-order valence-corrected chi connectivity index (χ3v) is 4.44. The van der Waals surface area contributed by atoms with Gasteiger partial charge in [-0.25, -0.2) is 9.18 Å². The molecule has 1 aromatic rings. The van der Waals surface area contributed by atoms with Crippen molar-refractivity contribution in [3.05, 3.63) is 35.6 Å². The average molecular weight is 378 g/mol. The number of halogens is 1. The second-order valence-electron chi connectivity index (χ2n) is 6.60. The van der Waals surface area contributed by atoms with Crippen molar-refractivity contribution >= 4 is 17.8 Å². The van der Waals surface area contributed by atoms with Crippen molar-refractivity contribution in [3.8, 4) is 0 Å². The second-order valence-corrected chi connectivity index (χ2v) is 6.60. The Morgan fingerprint density at radius 2 is 1.78 bits per heavy atom. The highest BCUT2D eigenvalue weighted by atomic mass is 19.1. The molecule has 0 aliphatic carbocycles. The Morgan fingerprint density at radius 3 is 2.41 bits per heavy atom. The molecule has 1 heterocycles. The molecule has 7 nitrogen and oxygen atoms in total. The standard InChI is InChI=1S/C19H27FN4O3/c1-2-5-16(18(26)21-13-17(25)24-10-3-4-11-24)23-19(27)22-12-14-6-8-15(20)9-7-14/h6-9,16H,2-5,10-13H2,1H3,(H,21,26)(H2,22,23,27). The molecule has 0 bridgehead atoms. The lowest BCUT2D eigenvalue weighted by Crippen LogP contribution is -2.51. The highest BCUT2D eigenvalue weighted by molar-refractivity contribution is 5.90. The number of carbonyl (C=O) groups excluding carboxylic acids is 3. The minimum absolute atomic E-state index is 0.0576. The van der Waals surface area contributed by atoms with E-state index in [0.29, 0.717) is 12.8 Å². The van der Waals surface area contributed by atoms with Crippen molar-refractivity contribution in [2.45, 2.75) is 45.2 Å². The monoisotopic (exact) mass is 378 g/mol. The van der Waals surface area contributed by atoms with Crippen LogP contribution in [0.5, 0.6) is 0 Å². The van der Waals surface area contributed by atoms with E-state index in [4.69, 9.17) is 0 Å². The maximum atomic E-state index is 12.9. The molecule has 1 aliphatic rings. The van der Waals surface area contributed by atoms with Crippen LogP contribution in [0, 0.1) is 5.82 Å². The van der Waals surface area contributed by atoms with Gasteiger partial charge in [0.15, 0.2) is 0 Å². The van der Waals surface area contributed by atoms with Crippen LogP contribution in [-0.4, -0.2) is 48.4 Å². The molecule has 1 saturated heterocycles. The average Bonchev–Trinajstić information content (AvgIpc) is 3.20. The van der Waals surface area contributed by atoms with E-state index in [0.717, 1.165) is 31.5 Å². The van der Waals surface area contributed by atoms with E-state index in [1.807, 2.05) is 6.92 Å². The summed E-state index contributed by atoms with van der Waals surface area (Å²) in [7, 11) is 0. The topological polar surface area (TPSA) is 90.5 Å². The van der Waals surface area contributed by atoms with Crippen LogP contribution in [0.4, 0.5) is 9.18 Å².